The zero-order valence-corrected chi connectivity index (χ0v) is 12.9. The van der Waals surface area contributed by atoms with Crippen LogP contribution < -0.4 is 5.32 Å². The zero-order chi connectivity index (χ0) is 13.1. The standard InChI is InChI=1S/C17H35N/c1-3-5-13-17(18-16-6-4-2)14-11-9-7-8-10-12-15-17/h18H,3-16H2,1-2H3. The Morgan fingerprint density at radius 2 is 1.33 bits per heavy atom. The summed E-state index contributed by atoms with van der Waals surface area (Å²) in [6.45, 7) is 5.86. The van der Waals surface area contributed by atoms with E-state index in [4.69, 9.17) is 0 Å². The number of unbranched alkanes of at least 4 members (excludes halogenated alkanes) is 2. The van der Waals surface area contributed by atoms with Crippen LogP contribution in [-0.2, 0) is 0 Å². The molecule has 1 aliphatic rings. The second-order valence-corrected chi connectivity index (χ2v) is 6.29. The van der Waals surface area contributed by atoms with Crippen LogP contribution in [0, 0.1) is 0 Å². The Labute approximate surface area is 115 Å². The molecule has 0 amide bonds. The van der Waals surface area contributed by atoms with E-state index in [1.165, 1.54) is 90.0 Å². The minimum atomic E-state index is 0.496. The Morgan fingerprint density at radius 1 is 0.778 bits per heavy atom. The van der Waals surface area contributed by atoms with Gasteiger partial charge in [-0.05, 0) is 32.2 Å². The van der Waals surface area contributed by atoms with Crippen LogP contribution in [0.25, 0.3) is 0 Å². The van der Waals surface area contributed by atoms with E-state index in [9.17, 15) is 0 Å². The van der Waals surface area contributed by atoms with Crippen molar-refractivity contribution >= 4 is 0 Å². The molecule has 1 nitrogen and oxygen atoms in total. The third-order valence-corrected chi connectivity index (χ3v) is 4.60. The van der Waals surface area contributed by atoms with Gasteiger partial charge in [0.1, 0.15) is 0 Å². The van der Waals surface area contributed by atoms with Crippen molar-refractivity contribution in [3.63, 3.8) is 0 Å². The van der Waals surface area contributed by atoms with Crippen molar-refractivity contribution in [2.45, 2.75) is 103 Å². The molecule has 0 atom stereocenters. The molecule has 0 heterocycles. The van der Waals surface area contributed by atoms with Gasteiger partial charge in [-0.25, -0.2) is 0 Å². The van der Waals surface area contributed by atoms with Crippen LogP contribution >= 0.6 is 0 Å². The fourth-order valence-electron chi connectivity index (χ4n) is 3.32. The number of hydrogen-bond donors (Lipinski definition) is 1. The molecule has 108 valence electrons. The molecule has 0 aromatic heterocycles. The zero-order valence-electron chi connectivity index (χ0n) is 12.9. The Hall–Kier alpha value is -0.0400. The number of rotatable bonds is 7. The molecule has 0 unspecified atom stereocenters. The highest BCUT2D eigenvalue weighted by Crippen LogP contribution is 2.30. The molecule has 0 bridgehead atoms. The van der Waals surface area contributed by atoms with Gasteiger partial charge in [0, 0.05) is 5.54 Å². The van der Waals surface area contributed by atoms with E-state index in [2.05, 4.69) is 19.2 Å². The molecular weight excluding hydrogens is 218 g/mol. The van der Waals surface area contributed by atoms with Crippen molar-refractivity contribution in [2.75, 3.05) is 6.54 Å². The third kappa shape index (κ3) is 6.22. The molecule has 18 heavy (non-hydrogen) atoms. The summed E-state index contributed by atoms with van der Waals surface area (Å²) in [5, 5.41) is 3.97. The van der Waals surface area contributed by atoms with Crippen LogP contribution in [0.5, 0.6) is 0 Å². The van der Waals surface area contributed by atoms with Gasteiger partial charge in [0.15, 0.2) is 0 Å². The normalized spacial score (nSPS) is 21.0. The Bertz CT molecular complexity index is 178. The van der Waals surface area contributed by atoms with Crippen molar-refractivity contribution in [3.8, 4) is 0 Å². The van der Waals surface area contributed by atoms with E-state index in [1.54, 1.807) is 0 Å². The highest BCUT2D eigenvalue weighted by molar-refractivity contribution is 4.88. The Balaban J connectivity index is 2.51. The topological polar surface area (TPSA) is 12.0 Å². The fraction of sp³-hybridized carbons (Fsp3) is 1.00. The number of nitrogens with one attached hydrogen (secondary N) is 1. The summed E-state index contributed by atoms with van der Waals surface area (Å²) < 4.78 is 0. The summed E-state index contributed by atoms with van der Waals surface area (Å²) in [7, 11) is 0. The van der Waals surface area contributed by atoms with Gasteiger partial charge in [-0.3, -0.25) is 0 Å². The first-order valence-corrected chi connectivity index (χ1v) is 8.58. The predicted octanol–water partition coefficient (Wildman–Crippen LogP) is 5.44. The van der Waals surface area contributed by atoms with E-state index < -0.39 is 0 Å². The maximum absolute atomic E-state index is 3.97. The van der Waals surface area contributed by atoms with Crippen LogP contribution in [-0.4, -0.2) is 12.1 Å². The lowest BCUT2D eigenvalue weighted by molar-refractivity contribution is 0.244. The summed E-state index contributed by atoms with van der Waals surface area (Å²) in [4.78, 5) is 0. The van der Waals surface area contributed by atoms with Gasteiger partial charge < -0.3 is 5.32 Å². The SMILES string of the molecule is CCCCNC1(CCCC)CCCCCCCC1. The van der Waals surface area contributed by atoms with E-state index in [0.717, 1.165) is 0 Å². The number of hydrogen-bond acceptors (Lipinski definition) is 1. The molecule has 0 saturated heterocycles. The second-order valence-electron chi connectivity index (χ2n) is 6.29. The van der Waals surface area contributed by atoms with Crippen molar-refractivity contribution in [3.05, 3.63) is 0 Å². The summed E-state index contributed by atoms with van der Waals surface area (Å²) in [5.74, 6) is 0. The van der Waals surface area contributed by atoms with Gasteiger partial charge in [0.2, 0.25) is 0 Å². The van der Waals surface area contributed by atoms with Gasteiger partial charge >= 0.3 is 0 Å². The van der Waals surface area contributed by atoms with Gasteiger partial charge in [-0.15, -0.1) is 0 Å². The molecular formula is C17H35N. The quantitative estimate of drug-likeness (QED) is 0.596. The predicted molar refractivity (Wildman–Crippen MR) is 82.1 cm³/mol. The minimum Gasteiger partial charge on any atom is -0.311 e. The average Bonchev–Trinajstić information content (AvgIpc) is 2.50. The van der Waals surface area contributed by atoms with Crippen molar-refractivity contribution in [1.82, 2.24) is 5.32 Å². The second kappa shape index (κ2) is 9.83. The summed E-state index contributed by atoms with van der Waals surface area (Å²) in [6.07, 6.45) is 18.4. The molecule has 0 radical (unpaired) electrons. The van der Waals surface area contributed by atoms with Crippen LogP contribution in [0.1, 0.15) is 97.3 Å². The lowest BCUT2D eigenvalue weighted by Gasteiger charge is -2.35. The van der Waals surface area contributed by atoms with Crippen LogP contribution in [0.3, 0.4) is 0 Å². The average molecular weight is 253 g/mol. The van der Waals surface area contributed by atoms with Gasteiger partial charge in [0.25, 0.3) is 0 Å². The van der Waals surface area contributed by atoms with Crippen molar-refractivity contribution in [2.24, 2.45) is 0 Å². The Kier molecular flexibility index (Phi) is 8.75. The minimum absolute atomic E-state index is 0.496. The first-order valence-electron chi connectivity index (χ1n) is 8.58. The molecule has 1 saturated carbocycles. The van der Waals surface area contributed by atoms with Crippen LogP contribution in [0.15, 0.2) is 0 Å². The third-order valence-electron chi connectivity index (χ3n) is 4.60. The van der Waals surface area contributed by atoms with Crippen molar-refractivity contribution < 1.29 is 0 Å². The molecule has 0 aromatic carbocycles. The lowest BCUT2D eigenvalue weighted by Crippen LogP contribution is -2.45. The van der Waals surface area contributed by atoms with Crippen LogP contribution in [0.2, 0.25) is 0 Å². The van der Waals surface area contributed by atoms with Crippen molar-refractivity contribution in [1.29, 1.82) is 0 Å². The molecule has 0 aliphatic heterocycles. The molecule has 1 heteroatoms. The Morgan fingerprint density at radius 3 is 1.89 bits per heavy atom. The molecule has 1 fully saturated rings. The summed E-state index contributed by atoms with van der Waals surface area (Å²) in [6, 6.07) is 0. The largest absolute Gasteiger partial charge is 0.311 e. The lowest BCUT2D eigenvalue weighted by atomic mass is 9.83. The molecule has 1 rings (SSSR count). The van der Waals surface area contributed by atoms with E-state index in [0.29, 0.717) is 5.54 Å². The van der Waals surface area contributed by atoms with Gasteiger partial charge in [-0.2, -0.15) is 0 Å². The first-order chi connectivity index (χ1) is 8.83. The molecule has 0 aromatic rings. The highest BCUT2D eigenvalue weighted by atomic mass is 15.0. The highest BCUT2D eigenvalue weighted by Gasteiger charge is 2.28. The van der Waals surface area contributed by atoms with E-state index in [-0.39, 0.29) is 0 Å². The summed E-state index contributed by atoms with van der Waals surface area (Å²) >= 11 is 0. The fourth-order valence-corrected chi connectivity index (χ4v) is 3.32. The smallest absolute Gasteiger partial charge is 0.0181 e. The van der Waals surface area contributed by atoms with Gasteiger partial charge in [-0.1, -0.05) is 71.6 Å². The maximum Gasteiger partial charge on any atom is 0.0181 e. The maximum atomic E-state index is 3.97. The van der Waals surface area contributed by atoms with Gasteiger partial charge in [0.05, 0.1) is 0 Å². The molecule has 1 aliphatic carbocycles. The summed E-state index contributed by atoms with van der Waals surface area (Å²) in [5.41, 5.74) is 0.496. The monoisotopic (exact) mass is 253 g/mol. The first kappa shape index (κ1) is 16.0. The molecule has 0 spiro atoms. The van der Waals surface area contributed by atoms with E-state index >= 15 is 0 Å². The van der Waals surface area contributed by atoms with E-state index in [1.807, 2.05) is 0 Å². The van der Waals surface area contributed by atoms with Crippen LogP contribution in [0.4, 0.5) is 0 Å². The molecule has 1 N–H and O–H groups in total.